The number of carboxylic acid groups (broad SMARTS) is 1. The van der Waals surface area contributed by atoms with Crippen LogP contribution in [0.5, 0.6) is 0 Å². The largest absolute Gasteiger partial charge is 0.480 e. The Labute approximate surface area is 171 Å². The number of hydrogen-bond acceptors (Lipinski definition) is 4. The summed E-state index contributed by atoms with van der Waals surface area (Å²) < 4.78 is 5.49. The van der Waals surface area contributed by atoms with Gasteiger partial charge < -0.3 is 15.2 Å². The normalized spacial score (nSPS) is 13.6. The summed E-state index contributed by atoms with van der Waals surface area (Å²) in [7, 11) is 3.52. The first-order valence-corrected chi connectivity index (χ1v) is 9.97. The third-order valence-electron chi connectivity index (χ3n) is 5.43. The van der Waals surface area contributed by atoms with E-state index in [4.69, 9.17) is 4.74 Å². The number of ether oxygens (including phenoxy) is 1. The standard InChI is InChI=1S/C23H28N2O4/c1-25(2)21(22(26)27)13-7-8-14-24-23(28)29-15-20-18-11-5-3-9-16(18)17-10-4-6-12-19(17)20/h3-6,9-12,20-21H,7-8,13-15H2,1-2H3,(H,24,28)(H,26,27)/t21-/m0/s1. The van der Waals surface area contributed by atoms with Gasteiger partial charge in [-0.05, 0) is 55.6 Å². The number of alkyl carbamates (subject to hydrolysis) is 1. The number of carbonyl (C=O) groups is 2. The van der Waals surface area contributed by atoms with E-state index in [-0.39, 0.29) is 5.92 Å². The summed E-state index contributed by atoms with van der Waals surface area (Å²) in [4.78, 5) is 25.0. The van der Waals surface area contributed by atoms with Crippen LogP contribution >= 0.6 is 0 Å². The van der Waals surface area contributed by atoms with E-state index in [0.29, 0.717) is 26.0 Å². The lowest BCUT2D eigenvalue weighted by atomic mass is 9.98. The van der Waals surface area contributed by atoms with Crippen LogP contribution in [0.3, 0.4) is 0 Å². The monoisotopic (exact) mass is 396 g/mol. The predicted octanol–water partition coefficient (Wildman–Crippen LogP) is 3.71. The van der Waals surface area contributed by atoms with Crippen LogP contribution in [0.25, 0.3) is 11.1 Å². The lowest BCUT2D eigenvalue weighted by molar-refractivity contribution is -0.142. The van der Waals surface area contributed by atoms with Gasteiger partial charge in [0.1, 0.15) is 12.6 Å². The number of nitrogens with one attached hydrogen (secondary N) is 1. The molecule has 1 atom stereocenters. The van der Waals surface area contributed by atoms with E-state index in [1.54, 1.807) is 19.0 Å². The number of unbranched alkanes of at least 4 members (excludes halogenated alkanes) is 1. The van der Waals surface area contributed by atoms with Gasteiger partial charge in [-0.2, -0.15) is 0 Å². The molecule has 29 heavy (non-hydrogen) atoms. The van der Waals surface area contributed by atoms with Crippen LogP contribution in [0.2, 0.25) is 0 Å². The van der Waals surface area contributed by atoms with Gasteiger partial charge in [0.2, 0.25) is 0 Å². The molecule has 0 heterocycles. The van der Waals surface area contributed by atoms with Gasteiger partial charge in [-0.1, -0.05) is 48.5 Å². The highest BCUT2D eigenvalue weighted by atomic mass is 16.5. The first-order valence-electron chi connectivity index (χ1n) is 9.97. The molecule has 6 heteroatoms. The summed E-state index contributed by atoms with van der Waals surface area (Å²) in [6.07, 6.45) is 1.55. The van der Waals surface area contributed by atoms with Crippen molar-refractivity contribution in [2.45, 2.75) is 31.2 Å². The number of carboxylic acids is 1. The molecule has 154 valence electrons. The maximum absolute atomic E-state index is 12.1. The van der Waals surface area contributed by atoms with E-state index in [1.807, 2.05) is 24.3 Å². The molecule has 0 bridgehead atoms. The molecule has 0 fully saturated rings. The number of carbonyl (C=O) groups excluding carboxylic acids is 1. The second kappa shape index (κ2) is 9.56. The molecule has 1 aliphatic rings. The highest BCUT2D eigenvalue weighted by molar-refractivity contribution is 5.79. The van der Waals surface area contributed by atoms with Gasteiger partial charge in [0.15, 0.2) is 0 Å². The van der Waals surface area contributed by atoms with E-state index in [1.165, 1.54) is 22.3 Å². The van der Waals surface area contributed by atoms with E-state index in [2.05, 4.69) is 29.6 Å². The Morgan fingerprint density at radius 1 is 1.03 bits per heavy atom. The molecular weight excluding hydrogens is 368 g/mol. The summed E-state index contributed by atoms with van der Waals surface area (Å²) in [5, 5.41) is 11.9. The average Bonchev–Trinajstić information content (AvgIpc) is 3.02. The van der Waals surface area contributed by atoms with E-state index in [9.17, 15) is 14.7 Å². The van der Waals surface area contributed by atoms with Crippen molar-refractivity contribution in [1.29, 1.82) is 0 Å². The Morgan fingerprint density at radius 2 is 1.62 bits per heavy atom. The molecule has 2 aromatic carbocycles. The summed E-state index contributed by atoms with van der Waals surface area (Å²) in [6.45, 7) is 0.762. The summed E-state index contributed by atoms with van der Waals surface area (Å²) in [6, 6.07) is 16.0. The third kappa shape index (κ3) is 4.95. The average molecular weight is 396 g/mol. The molecular formula is C23H28N2O4. The van der Waals surface area contributed by atoms with Crippen LogP contribution in [-0.4, -0.2) is 55.4 Å². The fourth-order valence-electron chi connectivity index (χ4n) is 3.91. The Hall–Kier alpha value is -2.86. The smallest absolute Gasteiger partial charge is 0.407 e. The molecule has 1 aliphatic carbocycles. The molecule has 0 aromatic heterocycles. The van der Waals surface area contributed by atoms with Crippen LogP contribution in [0.1, 0.15) is 36.3 Å². The van der Waals surface area contributed by atoms with Crippen molar-refractivity contribution in [1.82, 2.24) is 10.2 Å². The number of likely N-dealkylation sites (N-methyl/N-ethyl adjacent to an activating group) is 1. The first kappa shape index (κ1) is 20.9. The van der Waals surface area contributed by atoms with E-state index < -0.39 is 18.1 Å². The van der Waals surface area contributed by atoms with Crippen molar-refractivity contribution < 1.29 is 19.4 Å². The Kier molecular flexibility index (Phi) is 6.88. The van der Waals surface area contributed by atoms with Crippen LogP contribution < -0.4 is 5.32 Å². The maximum Gasteiger partial charge on any atom is 0.407 e. The van der Waals surface area contributed by atoms with Gasteiger partial charge in [-0.25, -0.2) is 4.79 Å². The SMILES string of the molecule is CN(C)[C@@H](CCCCNC(=O)OCC1c2ccccc2-c2ccccc21)C(=O)O. The number of rotatable bonds is 9. The van der Waals surface area contributed by atoms with E-state index in [0.717, 1.165) is 6.42 Å². The van der Waals surface area contributed by atoms with Gasteiger partial charge in [-0.3, -0.25) is 9.69 Å². The Morgan fingerprint density at radius 3 is 2.17 bits per heavy atom. The number of fused-ring (bicyclic) bond motifs is 3. The lowest BCUT2D eigenvalue weighted by Gasteiger charge is -2.19. The van der Waals surface area contributed by atoms with Gasteiger partial charge in [-0.15, -0.1) is 0 Å². The zero-order valence-electron chi connectivity index (χ0n) is 16.9. The molecule has 3 rings (SSSR count). The highest BCUT2D eigenvalue weighted by Gasteiger charge is 2.28. The number of amides is 1. The van der Waals surface area contributed by atoms with Crippen LogP contribution in [0.15, 0.2) is 48.5 Å². The molecule has 0 saturated carbocycles. The lowest BCUT2D eigenvalue weighted by Crippen LogP contribution is -2.35. The summed E-state index contributed by atoms with van der Waals surface area (Å²) in [5.41, 5.74) is 4.77. The highest BCUT2D eigenvalue weighted by Crippen LogP contribution is 2.44. The zero-order chi connectivity index (χ0) is 20.8. The van der Waals surface area contributed by atoms with Crippen molar-refractivity contribution in [2.75, 3.05) is 27.2 Å². The van der Waals surface area contributed by atoms with Crippen molar-refractivity contribution in [3.8, 4) is 11.1 Å². The van der Waals surface area contributed by atoms with Crippen molar-refractivity contribution in [3.63, 3.8) is 0 Å². The molecule has 0 spiro atoms. The Bertz CT molecular complexity index is 820. The molecule has 0 radical (unpaired) electrons. The molecule has 2 aromatic rings. The Balaban J connectivity index is 1.45. The second-order valence-electron chi connectivity index (χ2n) is 7.57. The summed E-state index contributed by atoms with van der Waals surface area (Å²) in [5.74, 6) is -0.774. The fourth-order valence-corrected chi connectivity index (χ4v) is 3.91. The fraction of sp³-hybridized carbons (Fsp3) is 0.391. The van der Waals surface area contributed by atoms with Crippen LogP contribution in [0.4, 0.5) is 4.79 Å². The number of aliphatic carboxylic acids is 1. The quantitative estimate of drug-likeness (QED) is 0.632. The topological polar surface area (TPSA) is 78.9 Å². The summed E-state index contributed by atoms with van der Waals surface area (Å²) >= 11 is 0. The molecule has 0 unspecified atom stereocenters. The van der Waals surface area contributed by atoms with Crippen molar-refractivity contribution >= 4 is 12.1 Å². The molecule has 0 saturated heterocycles. The van der Waals surface area contributed by atoms with Gasteiger partial charge in [0, 0.05) is 12.5 Å². The molecule has 2 N–H and O–H groups in total. The van der Waals surface area contributed by atoms with E-state index >= 15 is 0 Å². The zero-order valence-corrected chi connectivity index (χ0v) is 16.9. The number of nitrogens with zero attached hydrogens (tertiary/aromatic N) is 1. The molecule has 0 aliphatic heterocycles. The number of hydrogen-bond donors (Lipinski definition) is 2. The second-order valence-corrected chi connectivity index (χ2v) is 7.57. The number of benzene rings is 2. The van der Waals surface area contributed by atoms with Crippen LogP contribution in [0, 0.1) is 0 Å². The minimum atomic E-state index is -0.820. The van der Waals surface area contributed by atoms with Crippen molar-refractivity contribution in [3.05, 3.63) is 59.7 Å². The van der Waals surface area contributed by atoms with Crippen LogP contribution in [-0.2, 0) is 9.53 Å². The van der Waals surface area contributed by atoms with Gasteiger partial charge in [0.05, 0.1) is 0 Å². The molecule has 1 amide bonds. The van der Waals surface area contributed by atoms with Crippen molar-refractivity contribution in [2.24, 2.45) is 0 Å². The predicted molar refractivity (Wildman–Crippen MR) is 112 cm³/mol. The first-order chi connectivity index (χ1) is 14.0. The van der Waals surface area contributed by atoms with Gasteiger partial charge >= 0.3 is 12.1 Å². The van der Waals surface area contributed by atoms with Gasteiger partial charge in [0.25, 0.3) is 0 Å². The molecule has 6 nitrogen and oxygen atoms in total. The third-order valence-corrected chi connectivity index (χ3v) is 5.43. The minimum Gasteiger partial charge on any atom is -0.480 e. The maximum atomic E-state index is 12.1. The minimum absolute atomic E-state index is 0.0459.